The van der Waals surface area contributed by atoms with Crippen molar-refractivity contribution >= 4 is 5.95 Å². The molecule has 0 amide bonds. The molecule has 0 fully saturated rings. The molecule has 2 rings (SSSR count). The molecule has 94 valence electrons. The van der Waals surface area contributed by atoms with Crippen LogP contribution in [0, 0.1) is 0 Å². The van der Waals surface area contributed by atoms with Gasteiger partial charge in [-0.2, -0.15) is 0 Å². The van der Waals surface area contributed by atoms with E-state index in [1.807, 2.05) is 12.1 Å². The summed E-state index contributed by atoms with van der Waals surface area (Å²) in [4.78, 5) is 10.5. The van der Waals surface area contributed by atoms with Crippen molar-refractivity contribution in [1.29, 1.82) is 0 Å². The maximum Gasteiger partial charge on any atom is 0.222 e. The average Bonchev–Trinajstić information content (AvgIpc) is 2.41. The van der Waals surface area contributed by atoms with Crippen molar-refractivity contribution in [3.05, 3.63) is 54.4 Å². The lowest BCUT2D eigenvalue weighted by Gasteiger charge is -2.25. The predicted octanol–water partition coefficient (Wildman–Crippen LogP) is 2.19. The molecule has 1 N–H and O–H groups in total. The van der Waals surface area contributed by atoms with Gasteiger partial charge in [0.1, 0.15) is 0 Å². The minimum atomic E-state index is 0.301. The highest BCUT2D eigenvalue weighted by molar-refractivity contribution is 5.26. The van der Waals surface area contributed by atoms with E-state index in [2.05, 4.69) is 58.5 Å². The largest absolute Gasteiger partial charge is 0.352 e. The van der Waals surface area contributed by atoms with Gasteiger partial charge in [-0.3, -0.25) is 0 Å². The Labute approximate surface area is 108 Å². The fourth-order valence-corrected chi connectivity index (χ4v) is 1.85. The van der Waals surface area contributed by atoms with E-state index in [4.69, 9.17) is 0 Å². The third kappa shape index (κ3) is 3.28. The Balaban J connectivity index is 2.04. The molecule has 0 aliphatic heterocycles. The summed E-state index contributed by atoms with van der Waals surface area (Å²) in [7, 11) is 4.15. The fourth-order valence-electron chi connectivity index (χ4n) is 1.85. The highest BCUT2D eigenvalue weighted by Crippen LogP contribution is 2.17. The number of nitrogens with zero attached hydrogens (tertiary/aromatic N) is 3. The molecule has 2 aromatic rings. The Kier molecular flexibility index (Phi) is 4.25. The summed E-state index contributed by atoms with van der Waals surface area (Å²) in [6, 6.07) is 12.5. The summed E-state index contributed by atoms with van der Waals surface area (Å²) in [5.74, 6) is 0.667. The number of aromatic nitrogens is 2. The quantitative estimate of drug-likeness (QED) is 0.872. The first-order valence-electron chi connectivity index (χ1n) is 5.99. The van der Waals surface area contributed by atoms with E-state index in [1.54, 1.807) is 12.4 Å². The fraction of sp³-hybridized carbons (Fsp3) is 0.286. The first-order valence-corrected chi connectivity index (χ1v) is 5.99. The summed E-state index contributed by atoms with van der Waals surface area (Å²) in [6.45, 7) is 0.779. The van der Waals surface area contributed by atoms with E-state index in [1.165, 1.54) is 5.56 Å². The zero-order valence-corrected chi connectivity index (χ0v) is 10.7. The van der Waals surface area contributed by atoms with Gasteiger partial charge in [0.25, 0.3) is 0 Å². The van der Waals surface area contributed by atoms with Crippen molar-refractivity contribution in [3.8, 4) is 0 Å². The molecule has 0 aliphatic carbocycles. The first-order chi connectivity index (χ1) is 8.77. The summed E-state index contributed by atoms with van der Waals surface area (Å²) < 4.78 is 0. The molecule has 0 bridgehead atoms. The van der Waals surface area contributed by atoms with Crippen molar-refractivity contribution in [3.63, 3.8) is 0 Å². The third-order valence-corrected chi connectivity index (χ3v) is 2.83. The summed E-state index contributed by atoms with van der Waals surface area (Å²) in [5, 5.41) is 3.26. The van der Waals surface area contributed by atoms with Crippen LogP contribution in [0.3, 0.4) is 0 Å². The number of benzene rings is 1. The second kappa shape index (κ2) is 6.12. The normalized spacial score (nSPS) is 12.4. The molecule has 1 heterocycles. The minimum Gasteiger partial charge on any atom is -0.352 e. The monoisotopic (exact) mass is 242 g/mol. The second-order valence-electron chi connectivity index (χ2n) is 4.34. The van der Waals surface area contributed by atoms with E-state index in [9.17, 15) is 0 Å². The van der Waals surface area contributed by atoms with Crippen LogP contribution in [-0.2, 0) is 0 Å². The Morgan fingerprint density at radius 3 is 2.33 bits per heavy atom. The average molecular weight is 242 g/mol. The van der Waals surface area contributed by atoms with Crippen molar-refractivity contribution in [1.82, 2.24) is 14.9 Å². The zero-order valence-electron chi connectivity index (χ0n) is 10.7. The Morgan fingerprint density at radius 2 is 1.72 bits per heavy atom. The van der Waals surface area contributed by atoms with Gasteiger partial charge in [0.05, 0.1) is 6.04 Å². The molecular weight excluding hydrogens is 224 g/mol. The number of hydrogen-bond donors (Lipinski definition) is 1. The van der Waals surface area contributed by atoms with E-state index in [-0.39, 0.29) is 0 Å². The lowest BCUT2D eigenvalue weighted by molar-refractivity contribution is 0.311. The molecule has 4 heteroatoms. The maximum atomic E-state index is 4.16. The van der Waals surface area contributed by atoms with Crippen LogP contribution in [0.25, 0.3) is 0 Å². The van der Waals surface area contributed by atoms with Gasteiger partial charge < -0.3 is 10.2 Å². The first kappa shape index (κ1) is 12.5. The maximum absolute atomic E-state index is 4.16. The number of anilines is 1. The van der Waals surface area contributed by atoms with Gasteiger partial charge in [-0.1, -0.05) is 30.3 Å². The van der Waals surface area contributed by atoms with Crippen LogP contribution in [0.5, 0.6) is 0 Å². The van der Waals surface area contributed by atoms with Crippen LogP contribution in [0.1, 0.15) is 11.6 Å². The van der Waals surface area contributed by atoms with E-state index >= 15 is 0 Å². The number of nitrogens with one attached hydrogen (secondary N) is 1. The lowest BCUT2D eigenvalue weighted by atomic mass is 10.1. The number of rotatable bonds is 5. The molecule has 1 atom stereocenters. The summed E-state index contributed by atoms with van der Waals surface area (Å²) in [6.07, 6.45) is 3.48. The van der Waals surface area contributed by atoms with Crippen LogP contribution < -0.4 is 5.32 Å². The molecule has 0 aliphatic rings. The number of likely N-dealkylation sites (N-methyl/N-ethyl adjacent to an activating group) is 1. The van der Waals surface area contributed by atoms with E-state index < -0.39 is 0 Å². The molecule has 1 aromatic heterocycles. The predicted molar refractivity (Wildman–Crippen MR) is 73.4 cm³/mol. The van der Waals surface area contributed by atoms with Gasteiger partial charge in [0, 0.05) is 18.9 Å². The van der Waals surface area contributed by atoms with Gasteiger partial charge in [-0.05, 0) is 25.7 Å². The Bertz CT molecular complexity index is 456. The van der Waals surface area contributed by atoms with Crippen molar-refractivity contribution in [2.24, 2.45) is 0 Å². The van der Waals surface area contributed by atoms with Gasteiger partial charge in [0.15, 0.2) is 0 Å². The molecule has 0 saturated heterocycles. The molecule has 18 heavy (non-hydrogen) atoms. The van der Waals surface area contributed by atoms with Gasteiger partial charge in [-0.25, -0.2) is 9.97 Å². The molecule has 0 spiro atoms. The molecule has 1 aromatic carbocycles. The summed E-state index contributed by atoms with van der Waals surface area (Å²) in [5.41, 5.74) is 1.28. The van der Waals surface area contributed by atoms with Crippen molar-refractivity contribution in [2.45, 2.75) is 6.04 Å². The molecule has 0 unspecified atom stereocenters. The Morgan fingerprint density at radius 1 is 1.06 bits per heavy atom. The lowest BCUT2D eigenvalue weighted by Crippen LogP contribution is -2.27. The highest BCUT2D eigenvalue weighted by Gasteiger charge is 2.13. The van der Waals surface area contributed by atoms with Crippen LogP contribution in [0.15, 0.2) is 48.8 Å². The molecule has 0 radical (unpaired) electrons. The molecule has 4 nitrogen and oxygen atoms in total. The van der Waals surface area contributed by atoms with Crippen LogP contribution in [0.4, 0.5) is 5.95 Å². The van der Waals surface area contributed by atoms with E-state index in [0.29, 0.717) is 12.0 Å². The van der Waals surface area contributed by atoms with Crippen LogP contribution in [0.2, 0.25) is 0 Å². The smallest absolute Gasteiger partial charge is 0.222 e. The van der Waals surface area contributed by atoms with Gasteiger partial charge in [0.2, 0.25) is 5.95 Å². The van der Waals surface area contributed by atoms with Gasteiger partial charge >= 0.3 is 0 Å². The topological polar surface area (TPSA) is 41.0 Å². The number of hydrogen-bond acceptors (Lipinski definition) is 4. The molecule has 0 saturated carbocycles. The van der Waals surface area contributed by atoms with Crippen LogP contribution >= 0.6 is 0 Å². The Hall–Kier alpha value is -1.94. The SMILES string of the molecule is CN(C)[C@H](CNc1ncccn1)c1ccccc1. The zero-order chi connectivity index (χ0) is 12.8. The molecular formula is C14H18N4. The highest BCUT2D eigenvalue weighted by atomic mass is 15.2. The second-order valence-corrected chi connectivity index (χ2v) is 4.34. The summed E-state index contributed by atoms with van der Waals surface area (Å²) >= 11 is 0. The van der Waals surface area contributed by atoms with Crippen molar-refractivity contribution in [2.75, 3.05) is 26.0 Å². The third-order valence-electron chi connectivity index (χ3n) is 2.83. The standard InChI is InChI=1S/C14H18N4/c1-18(2)13(12-7-4-3-5-8-12)11-17-14-15-9-6-10-16-14/h3-10,13H,11H2,1-2H3,(H,15,16,17)/t13-/m1/s1. The van der Waals surface area contributed by atoms with Crippen LogP contribution in [-0.4, -0.2) is 35.5 Å². The van der Waals surface area contributed by atoms with Gasteiger partial charge in [-0.15, -0.1) is 0 Å². The minimum absolute atomic E-state index is 0.301. The van der Waals surface area contributed by atoms with Crippen molar-refractivity contribution < 1.29 is 0 Å². The van der Waals surface area contributed by atoms with E-state index in [0.717, 1.165) is 6.54 Å².